The summed E-state index contributed by atoms with van der Waals surface area (Å²) in [5.74, 6) is 4.47. The van der Waals surface area contributed by atoms with E-state index in [1.54, 1.807) is 0 Å². The van der Waals surface area contributed by atoms with Crippen LogP contribution in [0.2, 0.25) is 0 Å². The summed E-state index contributed by atoms with van der Waals surface area (Å²) in [4.78, 5) is 0. The van der Waals surface area contributed by atoms with Gasteiger partial charge in [0.25, 0.3) is 0 Å². The molecule has 0 bridgehead atoms. The Morgan fingerprint density at radius 3 is 1.00 bits per heavy atom. The van der Waals surface area contributed by atoms with Crippen LogP contribution < -0.4 is 14.2 Å². The van der Waals surface area contributed by atoms with E-state index in [1.807, 2.05) is 18.2 Å². The van der Waals surface area contributed by atoms with Gasteiger partial charge in [0.2, 0.25) is 0 Å². The molecule has 156 valence electrons. The van der Waals surface area contributed by atoms with Crippen molar-refractivity contribution in [2.75, 3.05) is 37.5 Å². The third-order valence-corrected chi connectivity index (χ3v) is 4.80. The smallest absolute Gasteiger partial charge is 0.126 e. The number of benzene rings is 1. The Morgan fingerprint density at radius 2 is 0.741 bits per heavy atom. The molecule has 0 atom stereocenters. The molecule has 0 unspecified atom stereocenters. The first-order chi connectivity index (χ1) is 13.3. The molecule has 0 spiro atoms. The summed E-state index contributed by atoms with van der Waals surface area (Å²) in [6.07, 6.45) is 9.26. The largest absolute Gasteiger partial charge is 0.493 e. The average molecular weight is 440 g/mol. The second kappa shape index (κ2) is 17.6. The lowest BCUT2D eigenvalue weighted by molar-refractivity contribution is 0.277. The summed E-state index contributed by atoms with van der Waals surface area (Å²) in [6.45, 7) is 2.02. The fraction of sp³-hybridized carbons (Fsp3) is 0.714. The van der Waals surface area contributed by atoms with Crippen LogP contribution in [0.3, 0.4) is 0 Å². The van der Waals surface area contributed by atoms with E-state index in [4.69, 9.17) is 49.0 Å². The summed E-state index contributed by atoms with van der Waals surface area (Å²) in [5, 5.41) is 0. The van der Waals surface area contributed by atoms with Crippen molar-refractivity contribution in [1.29, 1.82) is 0 Å². The normalized spacial score (nSPS) is 10.8. The third-order valence-electron chi connectivity index (χ3n) is 3.99. The zero-order valence-corrected chi connectivity index (χ0v) is 18.5. The van der Waals surface area contributed by atoms with Crippen molar-refractivity contribution >= 4 is 34.8 Å². The van der Waals surface area contributed by atoms with Crippen molar-refractivity contribution in [3.05, 3.63) is 18.2 Å². The summed E-state index contributed by atoms with van der Waals surface area (Å²) in [5.41, 5.74) is 0. The molecule has 0 aliphatic heterocycles. The summed E-state index contributed by atoms with van der Waals surface area (Å²) in [7, 11) is 0. The molecule has 6 heteroatoms. The minimum absolute atomic E-state index is 0.672. The van der Waals surface area contributed by atoms with Gasteiger partial charge < -0.3 is 14.2 Å². The van der Waals surface area contributed by atoms with E-state index in [0.717, 1.165) is 75.0 Å². The quantitative estimate of drug-likeness (QED) is 0.181. The van der Waals surface area contributed by atoms with Crippen molar-refractivity contribution < 1.29 is 14.2 Å². The molecular weight excluding hydrogens is 407 g/mol. The highest BCUT2D eigenvalue weighted by Crippen LogP contribution is 2.28. The first-order valence-corrected chi connectivity index (χ1v) is 11.6. The Hall–Kier alpha value is -0.510. The van der Waals surface area contributed by atoms with E-state index in [0.29, 0.717) is 37.5 Å². The Morgan fingerprint density at radius 1 is 0.444 bits per heavy atom. The molecular formula is C21H33Cl3O3. The monoisotopic (exact) mass is 438 g/mol. The molecule has 0 heterocycles. The lowest BCUT2D eigenvalue weighted by Gasteiger charge is -2.13. The standard InChI is InChI=1S/C21H33Cl3O3/c22-10-4-1-7-13-25-19-16-20(26-14-8-2-5-11-23)18-21(17-19)27-15-9-3-6-12-24/h16-18H,1-15H2. The lowest BCUT2D eigenvalue weighted by Crippen LogP contribution is -2.02. The Bertz CT molecular complexity index is 393. The topological polar surface area (TPSA) is 27.7 Å². The number of halogens is 3. The van der Waals surface area contributed by atoms with Crippen molar-refractivity contribution in [2.45, 2.75) is 57.8 Å². The van der Waals surface area contributed by atoms with Gasteiger partial charge in [0.15, 0.2) is 0 Å². The van der Waals surface area contributed by atoms with Gasteiger partial charge in [-0.15, -0.1) is 34.8 Å². The highest BCUT2D eigenvalue weighted by Gasteiger charge is 2.05. The van der Waals surface area contributed by atoms with E-state index in [-0.39, 0.29) is 0 Å². The van der Waals surface area contributed by atoms with E-state index < -0.39 is 0 Å². The van der Waals surface area contributed by atoms with Crippen LogP contribution in [-0.2, 0) is 0 Å². The number of rotatable bonds is 18. The SMILES string of the molecule is ClCCCCCOc1cc(OCCCCCCl)cc(OCCCCCCl)c1. The second-order valence-corrected chi connectivity index (χ2v) is 7.57. The predicted octanol–water partition coefficient (Wildman–Crippen LogP) is 7.05. The minimum atomic E-state index is 0.672. The number of ether oxygens (including phenoxy) is 3. The summed E-state index contributed by atoms with van der Waals surface area (Å²) >= 11 is 17.1. The van der Waals surface area contributed by atoms with Crippen LogP contribution in [0.5, 0.6) is 17.2 Å². The van der Waals surface area contributed by atoms with Gasteiger partial charge in [-0.2, -0.15) is 0 Å². The molecule has 0 saturated carbocycles. The van der Waals surface area contributed by atoms with Crippen LogP contribution in [0.25, 0.3) is 0 Å². The number of hydrogen-bond acceptors (Lipinski definition) is 3. The molecule has 0 saturated heterocycles. The third kappa shape index (κ3) is 13.3. The molecule has 0 radical (unpaired) electrons. The second-order valence-electron chi connectivity index (χ2n) is 6.43. The molecule has 0 N–H and O–H groups in total. The first-order valence-electron chi connectivity index (χ1n) is 10.0. The zero-order valence-electron chi connectivity index (χ0n) is 16.2. The minimum Gasteiger partial charge on any atom is -0.493 e. The molecule has 27 heavy (non-hydrogen) atoms. The number of hydrogen-bond donors (Lipinski definition) is 0. The highest BCUT2D eigenvalue weighted by atomic mass is 35.5. The van der Waals surface area contributed by atoms with Crippen LogP contribution in [0.15, 0.2) is 18.2 Å². The van der Waals surface area contributed by atoms with Gasteiger partial charge in [-0.25, -0.2) is 0 Å². The lowest BCUT2D eigenvalue weighted by atomic mass is 10.2. The molecule has 0 aromatic heterocycles. The van der Waals surface area contributed by atoms with Gasteiger partial charge >= 0.3 is 0 Å². The predicted molar refractivity (Wildman–Crippen MR) is 117 cm³/mol. The van der Waals surface area contributed by atoms with Crippen LogP contribution in [0.4, 0.5) is 0 Å². The molecule has 0 fully saturated rings. The van der Waals surface area contributed by atoms with Gasteiger partial charge in [0.05, 0.1) is 19.8 Å². The molecule has 1 aromatic carbocycles. The van der Waals surface area contributed by atoms with Crippen LogP contribution in [0, 0.1) is 0 Å². The summed E-state index contributed by atoms with van der Waals surface area (Å²) in [6, 6.07) is 5.80. The molecule has 0 amide bonds. The maximum absolute atomic E-state index is 5.89. The maximum atomic E-state index is 5.89. The van der Waals surface area contributed by atoms with Crippen molar-refractivity contribution in [3.8, 4) is 17.2 Å². The Balaban J connectivity index is 2.52. The van der Waals surface area contributed by atoms with Crippen molar-refractivity contribution in [1.82, 2.24) is 0 Å². The van der Waals surface area contributed by atoms with E-state index >= 15 is 0 Å². The Kier molecular flexibility index (Phi) is 16.0. The molecule has 3 nitrogen and oxygen atoms in total. The van der Waals surface area contributed by atoms with Gasteiger partial charge in [-0.3, -0.25) is 0 Å². The van der Waals surface area contributed by atoms with E-state index in [1.165, 1.54) is 0 Å². The highest BCUT2D eigenvalue weighted by molar-refractivity contribution is 6.18. The number of alkyl halides is 3. The molecule has 0 aliphatic carbocycles. The number of unbranched alkanes of at least 4 members (excludes halogenated alkanes) is 6. The van der Waals surface area contributed by atoms with Crippen molar-refractivity contribution in [2.24, 2.45) is 0 Å². The van der Waals surface area contributed by atoms with Gasteiger partial charge in [0, 0.05) is 35.8 Å². The van der Waals surface area contributed by atoms with Crippen LogP contribution >= 0.6 is 34.8 Å². The van der Waals surface area contributed by atoms with E-state index in [2.05, 4.69) is 0 Å². The fourth-order valence-electron chi connectivity index (χ4n) is 2.49. The van der Waals surface area contributed by atoms with Gasteiger partial charge in [-0.1, -0.05) is 0 Å². The van der Waals surface area contributed by atoms with Gasteiger partial charge in [-0.05, 0) is 57.8 Å². The molecule has 1 rings (SSSR count). The van der Waals surface area contributed by atoms with Gasteiger partial charge in [0.1, 0.15) is 17.2 Å². The fourth-order valence-corrected chi connectivity index (χ4v) is 3.05. The zero-order chi connectivity index (χ0) is 19.6. The molecule has 0 aliphatic rings. The average Bonchev–Trinajstić information content (AvgIpc) is 2.67. The Labute approximate surface area is 179 Å². The molecule has 1 aromatic rings. The first kappa shape index (κ1) is 24.5. The van der Waals surface area contributed by atoms with Crippen LogP contribution in [0.1, 0.15) is 57.8 Å². The van der Waals surface area contributed by atoms with E-state index in [9.17, 15) is 0 Å². The van der Waals surface area contributed by atoms with Crippen LogP contribution in [-0.4, -0.2) is 37.5 Å². The van der Waals surface area contributed by atoms with Crippen molar-refractivity contribution in [3.63, 3.8) is 0 Å². The summed E-state index contributed by atoms with van der Waals surface area (Å²) < 4.78 is 17.7. The maximum Gasteiger partial charge on any atom is 0.126 e.